The highest BCUT2D eigenvalue weighted by atomic mass is 16.5. The summed E-state index contributed by atoms with van der Waals surface area (Å²) in [4.78, 5) is 16.9. The summed E-state index contributed by atoms with van der Waals surface area (Å²) in [6, 6.07) is 16.7. The van der Waals surface area contributed by atoms with Crippen molar-refractivity contribution in [1.29, 1.82) is 0 Å². The summed E-state index contributed by atoms with van der Waals surface area (Å²) in [5, 5.41) is 20.0. The number of ether oxygens (including phenoxy) is 1. The Morgan fingerprint density at radius 3 is 2.56 bits per heavy atom. The van der Waals surface area contributed by atoms with Gasteiger partial charge in [-0.05, 0) is 36.4 Å². The second-order valence-electron chi connectivity index (χ2n) is 6.98. The van der Waals surface area contributed by atoms with E-state index in [1.807, 2.05) is 54.6 Å². The normalized spacial score (nSPS) is 10.9. The minimum Gasteiger partial charge on any atom is -0.479 e. The third kappa shape index (κ3) is 3.54. The van der Waals surface area contributed by atoms with Gasteiger partial charge in [-0.25, -0.2) is 0 Å². The zero-order chi connectivity index (χ0) is 22.1. The Kier molecular flexibility index (Phi) is 4.79. The van der Waals surface area contributed by atoms with E-state index in [1.165, 1.54) is 11.8 Å². The van der Waals surface area contributed by atoms with Gasteiger partial charge in [-0.1, -0.05) is 18.2 Å². The van der Waals surface area contributed by atoms with Crippen molar-refractivity contribution in [3.8, 4) is 28.7 Å². The molecule has 0 fully saturated rings. The number of aromatic nitrogens is 7. The van der Waals surface area contributed by atoms with Gasteiger partial charge in [-0.15, -0.1) is 15.3 Å². The quantitative estimate of drug-likeness (QED) is 0.460. The molecular weight excluding hydrogens is 408 g/mol. The van der Waals surface area contributed by atoms with Crippen molar-refractivity contribution in [2.24, 2.45) is 7.05 Å². The van der Waals surface area contributed by atoms with Crippen molar-refractivity contribution in [1.82, 2.24) is 34.6 Å². The molecule has 10 heteroatoms. The summed E-state index contributed by atoms with van der Waals surface area (Å²) < 4.78 is 8.35. The number of fused-ring (bicyclic) bond motifs is 1. The summed E-state index contributed by atoms with van der Waals surface area (Å²) in [6.45, 7) is 0. The number of carbonyl (C=O) groups is 1. The SMILES string of the molecule is COc1nn(C)cc1C(=O)Nc1ccc(-c2ccc3nnc(-c4ccccn4)n3n2)cc1. The van der Waals surface area contributed by atoms with Crippen LogP contribution in [-0.4, -0.2) is 47.6 Å². The first-order chi connectivity index (χ1) is 15.6. The van der Waals surface area contributed by atoms with E-state index in [2.05, 4.69) is 30.7 Å². The summed E-state index contributed by atoms with van der Waals surface area (Å²) in [5.74, 6) is 0.542. The lowest BCUT2D eigenvalue weighted by atomic mass is 10.1. The highest BCUT2D eigenvalue weighted by molar-refractivity contribution is 6.05. The van der Waals surface area contributed by atoms with Crippen LogP contribution in [0.5, 0.6) is 5.88 Å². The molecule has 1 N–H and O–H groups in total. The smallest absolute Gasteiger partial charge is 0.262 e. The number of nitrogens with zero attached hydrogens (tertiary/aromatic N) is 7. The van der Waals surface area contributed by atoms with Crippen LogP contribution >= 0.6 is 0 Å². The lowest BCUT2D eigenvalue weighted by molar-refractivity contribution is 0.102. The fourth-order valence-electron chi connectivity index (χ4n) is 3.29. The van der Waals surface area contributed by atoms with E-state index in [-0.39, 0.29) is 11.8 Å². The number of hydrogen-bond donors (Lipinski definition) is 1. The van der Waals surface area contributed by atoms with Crippen LogP contribution < -0.4 is 10.1 Å². The Morgan fingerprint density at radius 2 is 1.81 bits per heavy atom. The van der Waals surface area contributed by atoms with Gasteiger partial charge in [0.05, 0.1) is 12.8 Å². The number of hydrogen-bond acceptors (Lipinski definition) is 7. The summed E-state index contributed by atoms with van der Waals surface area (Å²) in [5.41, 5.74) is 3.94. The Morgan fingerprint density at radius 1 is 0.969 bits per heavy atom. The van der Waals surface area contributed by atoms with E-state index in [9.17, 15) is 4.79 Å². The molecule has 0 saturated carbocycles. The molecule has 4 heterocycles. The third-order valence-electron chi connectivity index (χ3n) is 4.83. The monoisotopic (exact) mass is 426 g/mol. The van der Waals surface area contributed by atoms with Gasteiger partial charge in [0.1, 0.15) is 11.3 Å². The van der Waals surface area contributed by atoms with Crippen molar-refractivity contribution >= 4 is 17.2 Å². The largest absolute Gasteiger partial charge is 0.479 e. The number of amides is 1. The maximum Gasteiger partial charge on any atom is 0.262 e. The zero-order valence-electron chi connectivity index (χ0n) is 17.3. The Bertz CT molecular complexity index is 1410. The molecule has 1 amide bonds. The van der Waals surface area contributed by atoms with Crippen LogP contribution in [0.4, 0.5) is 5.69 Å². The molecular formula is C22H18N8O2. The average Bonchev–Trinajstić information content (AvgIpc) is 3.43. The van der Waals surface area contributed by atoms with E-state index in [0.717, 1.165) is 11.3 Å². The maximum absolute atomic E-state index is 12.6. The molecule has 4 aromatic heterocycles. The van der Waals surface area contributed by atoms with Crippen molar-refractivity contribution in [3.63, 3.8) is 0 Å². The summed E-state index contributed by atoms with van der Waals surface area (Å²) in [7, 11) is 3.21. The fourth-order valence-corrected chi connectivity index (χ4v) is 3.29. The molecule has 0 aliphatic heterocycles. The molecule has 5 rings (SSSR count). The van der Waals surface area contributed by atoms with Gasteiger partial charge in [-0.3, -0.25) is 14.5 Å². The molecule has 10 nitrogen and oxygen atoms in total. The average molecular weight is 426 g/mol. The number of methoxy groups -OCH3 is 1. The molecule has 158 valence electrons. The number of aryl methyl sites for hydroxylation is 1. The molecule has 0 aliphatic carbocycles. The highest BCUT2D eigenvalue weighted by Gasteiger charge is 2.17. The molecule has 0 atom stereocenters. The second-order valence-corrected chi connectivity index (χ2v) is 6.98. The Hall–Kier alpha value is -4.60. The van der Waals surface area contributed by atoms with Gasteiger partial charge in [0, 0.05) is 30.7 Å². The van der Waals surface area contributed by atoms with Crippen LogP contribution in [0.2, 0.25) is 0 Å². The van der Waals surface area contributed by atoms with E-state index in [4.69, 9.17) is 4.74 Å². The van der Waals surface area contributed by atoms with Crippen molar-refractivity contribution < 1.29 is 9.53 Å². The number of carbonyl (C=O) groups excluding carboxylic acids is 1. The lowest BCUT2D eigenvalue weighted by Crippen LogP contribution is -2.12. The minimum atomic E-state index is -0.299. The van der Waals surface area contributed by atoms with Gasteiger partial charge in [0.25, 0.3) is 5.91 Å². The first-order valence-electron chi connectivity index (χ1n) is 9.75. The first-order valence-corrected chi connectivity index (χ1v) is 9.75. The van der Waals surface area contributed by atoms with Crippen LogP contribution in [0.25, 0.3) is 28.4 Å². The summed E-state index contributed by atoms with van der Waals surface area (Å²) >= 11 is 0. The highest BCUT2D eigenvalue weighted by Crippen LogP contribution is 2.23. The van der Waals surface area contributed by atoms with Gasteiger partial charge >= 0.3 is 0 Å². The minimum absolute atomic E-state index is 0.275. The van der Waals surface area contributed by atoms with E-state index in [0.29, 0.717) is 28.4 Å². The molecule has 0 spiro atoms. The number of benzene rings is 1. The van der Waals surface area contributed by atoms with Gasteiger partial charge < -0.3 is 10.1 Å². The number of pyridine rings is 1. The fraction of sp³-hybridized carbons (Fsp3) is 0.0909. The van der Waals surface area contributed by atoms with Crippen molar-refractivity contribution in [3.05, 3.63) is 72.6 Å². The predicted molar refractivity (Wildman–Crippen MR) is 117 cm³/mol. The molecule has 0 saturated heterocycles. The van der Waals surface area contributed by atoms with Gasteiger partial charge in [0.15, 0.2) is 5.65 Å². The van der Waals surface area contributed by atoms with Crippen LogP contribution in [0.3, 0.4) is 0 Å². The van der Waals surface area contributed by atoms with Gasteiger partial charge in [0.2, 0.25) is 11.7 Å². The van der Waals surface area contributed by atoms with Gasteiger partial charge in [-0.2, -0.15) is 9.61 Å². The zero-order valence-corrected chi connectivity index (χ0v) is 17.3. The number of rotatable bonds is 5. The predicted octanol–water partition coefficient (Wildman–Crippen LogP) is 2.85. The topological polar surface area (TPSA) is 112 Å². The molecule has 1 aromatic carbocycles. The molecule has 0 radical (unpaired) electrons. The number of anilines is 1. The van der Waals surface area contributed by atoms with Crippen LogP contribution in [0.15, 0.2) is 67.0 Å². The summed E-state index contributed by atoms with van der Waals surface area (Å²) in [6.07, 6.45) is 3.31. The molecule has 0 unspecified atom stereocenters. The third-order valence-corrected chi connectivity index (χ3v) is 4.83. The maximum atomic E-state index is 12.6. The standard InChI is InChI=1S/C22H18N8O2/c1-29-13-16(22(28-29)32-2)21(31)24-15-8-6-14(7-9-15)17-10-11-19-25-26-20(30(19)27-17)18-5-3-4-12-23-18/h3-13H,1-2H3,(H,24,31). The van der Waals surface area contributed by atoms with E-state index >= 15 is 0 Å². The Balaban J connectivity index is 1.41. The Labute approximate surface area is 182 Å². The number of nitrogens with one attached hydrogen (secondary N) is 1. The lowest BCUT2D eigenvalue weighted by Gasteiger charge is -2.07. The van der Waals surface area contributed by atoms with Crippen molar-refractivity contribution in [2.75, 3.05) is 12.4 Å². The van der Waals surface area contributed by atoms with Crippen LogP contribution in [-0.2, 0) is 7.05 Å². The molecule has 0 aliphatic rings. The van der Waals surface area contributed by atoms with Crippen molar-refractivity contribution in [2.45, 2.75) is 0 Å². The molecule has 5 aromatic rings. The van der Waals surface area contributed by atoms with E-state index in [1.54, 1.807) is 24.0 Å². The molecule has 32 heavy (non-hydrogen) atoms. The first kappa shape index (κ1) is 19.4. The second kappa shape index (κ2) is 7.91. The van der Waals surface area contributed by atoms with E-state index < -0.39 is 0 Å². The van der Waals surface area contributed by atoms with Crippen LogP contribution in [0, 0.1) is 0 Å². The van der Waals surface area contributed by atoms with Crippen LogP contribution in [0.1, 0.15) is 10.4 Å². The molecule has 0 bridgehead atoms.